The normalized spacial score (nSPS) is 30.2. The molecule has 6 heteroatoms. The molecule has 0 aliphatic carbocycles. The molecular weight excluding hydrogens is 312 g/mol. The lowest BCUT2D eigenvalue weighted by molar-refractivity contribution is -0.129. The van der Waals surface area contributed by atoms with Crippen molar-refractivity contribution in [3.8, 4) is 0 Å². The Morgan fingerprint density at radius 1 is 1.32 bits per heavy atom. The number of fused-ring (bicyclic) bond motifs is 1. The van der Waals surface area contributed by atoms with E-state index in [1.807, 2.05) is 30.3 Å². The SMILES string of the molecule is O=C1NC(=O)N2C[C@H](CBr)O[C@H]2[C@@H]1c1ccccc1. The fourth-order valence-corrected chi connectivity index (χ4v) is 2.90. The van der Waals surface area contributed by atoms with Gasteiger partial charge >= 0.3 is 6.03 Å². The highest BCUT2D eigenvalue weighted by molar-refractivity contribution is 9.09. The lowest BCUT2D eigenvalue weighted by Gasteiger charge is -2.34. The zero-order chi connectivity index (χ0) is 13.4. The van der Waals surface area contributed by atoms with Crippen LogP contribution in [0.15, 0.2) is 30.3 Å². The van der Waals surface area contributed by atoms with Gasteiger partial charge in [0.15, 0.2) is 0 Å². The van der Waals surface area contributed by atoms with Crippen molar-refractivity contribution in [2.45, 2.75) is 18.2 Å². The van der Waals surface area contributed by atoms with Gasteiger partial charge in [0, 0.05) is 5.33 Å². The number of imide groups is 1. The van der Waals surface area contributed by atoms with Crippen molar-refractivity contribution in [3.63, 3.8) is 0 Å². The van der Waals surface area contributed by atoms with Crippen LogP contribution in [-0.2, 0) is 9.53 Å². The van der Waals surface area contributed by atoms with Gasteiger partial charge in [-0.3, -0.25) is 15.0 Å². The highest BCUT2D eigenvalue weighted by atomic mass is 79.9. The molecule has 0 spiro atoms. The van der Waals surface area contributed by atoms with Crippen LogP contribution >= 0.6 is 15.9 Å². The number of alkyl halides is 1. The van der Waals surface area contributed by atoms with E-state index in [2.05, 4.69) is 21.2 Å². The topological polar surface area (TPSA) is 58.6 Å². The predicted molar refractivity (Wildman–Crippen MR) is 71.9 cm³/mol. The average molecular weight is 325 g/mol. The van der Waals surface area contributed by atoms with Gasteiger partial charge in [-0.05, 0) is 5.56 Å². The molecule has 0 unspecified atom stereocenters. The summed E-state index contributed by atoms with van der Waals surface area (Å²) < 4.78 is 5.82. The molecule has 2 aliphatic heterocycles. The van der Waals surface area contributed by atoms with Crippen LogP contribution in [0.3, 0.4) is 0 Å². The molecule has 2 heterocycles. The molecule has 19 heavy (non-hydrogen) atoms. The summed E-state index contributed by atoms with van der Waals surface area (Å²) in [5, 5.41) is 3.04. The number of ether oxygens (including phenoxy) is 1. The first-order valence-corrected chi connectivity index (χ1v) is 7.20. The Balaban J connectivity index is 1.94. The standard InChI is InChI=1S/C13H13BrN2O3/c14-6-9-7-16-12(19-9)10(11(17)15-13(16)18)8-4-2-1-3-5-8/h1-5,9-10,12H,6-7H2,(H,15,17,18)/t9-,10+,12-/m0/s1. The Bertz CT molecular complexity index is 508. The predicted octanol–water partition coefficient (Wildman–Crippen LogP) is 1.44. The Labute approximate surface area is 119 Å². The van der Waals surface area contributed by atoms with Gasteiger partial charge in [-0.1, -0.05) is 46.3 Å². The Morgan fingerprint density at radius 3 is 2.74 bits per heavy atom. The number of hydrogen-bond acceptors (Lipinski definition) is 3. The summed E-state index contributed by atoms with van der Waals surface area (Å²) in [6.45, 7) is 0.498. The lowest BCUT2D eigenvalue weighted by Crippen LogP contribution is -2.56. The molecule has 1 N–H and O–H groups in total. The smallest absolute Gasteiger partial charge is 0.326 e. The number of amides is 3. The second-order valence-electron chi connectivity index (χ2n) is 4.64. The molecule has 2 fully saturated rings. The first kappa shape index (κ1) is 12.6. The van der Waals surface area contributed by atoms with E-state index in [1.165, 1.54) is 0 Å². The summed E-state index contributed by atoms with van der Waals surface area (Å²) in [5.74, 6) is -0.768. The average Bonchev–Trinajstić information content (AvgIpc) is 2.84. The van der Waals surface area contributed by atoms with Crippen LogP contribution < -0.4 is 5.32 Å². The zero-order valence-corrected chi connectivity index (χ0v) is 11.7. The van der Waals surface area contributed by atoms with E-state index in [-0.39, 0.29) is 18.0 Å². The maximum Gasteiger partial charge on any atom is 0.326 e. The Morgan fingerprint density at radius 2 is 2.05 bits per heavy atom. The van der Waals surface area contributed by atoms with Gasteiger partial charge in [-0.2, -0.15) is 0 Å². The fourth-order valence-electron chi connectivity index (χ4n) is 2.54. The summed E-state index contributed by atoms with van der Waals surface area (Å²) in [7, 11) is 0. The summed E-state index contributed by atoms with van der Waals surface area (Å²) in [4.78, 5) is 25.5. The summed E-state index contributed by atoms with van der Waals surface area (Å²) in [5.41, 5.74) is 0.859. The van der Waals surface area contributed by atoms with E-state index in [0.717, 1.165) is 5.56 Å². The lowest BCUT2D eigenvalue weighted by atomic mass is 9.94. The molecule has 1 aromatic rings. The number of carbonyl (C=O) groups excluding carboxylic acids is 2. The molecular formula is C13H13BrN2O3. The maximum atomic E-state index is 12.1. The minimum absolute atomic E-state index is 0.0761. The fraction of sp³-hybridized carbons (Fsp3) is 0.385. The molecule has 3 amide bonds. The van der Waals surface area contributed by atoms with Crippen LogP contribution in [0.4, 0.5) is 4.79 Å². The van der Waals surface area contributed by atoms with Gasteiger partial charge in [0.2, 0.25) is 5.91 Å². The van der Waals surface area contributed by atoms with Crippen LogP contribution in [0.5, 0.6) is 0 Å². The number of benzene rings is 1. The van der Waals surface area contributed by atoms with Crippen molar-refractivity contribution in [1.82, 2.24) is 10.2 Å². The third kappa shape index (κ3) is 2.15. The van der Waals surface area contributed by atoms with Gasteiger partial charge in [0.05, 0.1) is 12.6 Å². The number of carbonyl (C=O) groups is 2. The van der Waals surface area contributed by atoms with Crippen LogP contribution in [0.1, 0.15) is 11.5 Å². The Hall–Kier alpha value is -1.40. The summed E-state index contributed by atoms with van der Waals surface area (Å²) >= 11 is 3.35. The molecule has 2 saturated heterocycles. The van der Waals surface area contributed by atoms with Crippen LogP contribution in [-0.4, -0.2) is 41.0 Å². The van der Waals surface area contributed by atoms with Crippen molar-refractivity contribution in [3.05, 3.63) is 35.9 Å². The van der Waals surface area contributed by atoms with Crippen molar-refractivity contribution in [1.29, 1.82) is 0 Å². The van der Waals surface area contributed by atoms with Crippen LogP contribution in [0.25, 0.3) is 0 Å². The molecule has 3 atom stereocenters. The van der Waals surface area contributed by atoms with E-state index < -0.39 is 12.1 Å². The number of nitrogens with zero attached hydrogens (tertiary/aromatic N) is 1. The van der Waals surface area contributed by atoms with Gasteiger partial charge in [0.25, 0.3) is 0 Å². The van der Waals surface area contributed by atoms with Gasteiger partial charge in [-0.15, -0.1) is 0 Å². The largest absolute Gasteiger partial charge is 0.351 e. The van der Waals surface area contributed by atoms with E-state index in [0.29, 0.717) is 11.9 Å². The van der Waals surface area contributed by atoms with E-state index in [4.69, 9.17) is 4.74 Å². The monoisotopic (exact) mass is 324 g/mol. The van der Waals surface area contributed by atoms with Gasteiger partial charge < -0.3 is 4.74 Å². The third-order valence-corrected chi connectivity index (χ3v) is 4.15. The van der Waals surface area contributed by atoms with E-state index in [1.54, 1.807) is 4.90 Å². The summed E-state index contributed by atoms with van der Waals surface area (Å²) in [6.07, 6.45) is -0.584. The Kier molecular flexibility index (Phi) is 3.28. The van der Waals surface area contributed by atoms with Crippen molar-refractivity contribution in [2.24, 2.45) is 0 Å². The molecule has 0 saturated carbocycles. The number of hydrogen-bond donors (Lipinski definition) is 1. The first-order chi connectivity index (χ1) is 9.20. The van der Waals surface area contributed by atoms with Crippen LogP contribution in [0, 0.1) is 0 Å². The van der Waals surface area contributed by atoms with E-state index >= 15 is 0 Å². The molecule has 100 valence electrons. The van der Waals surface area contributed by atoms with Crippen molar-refractivity contribution >= 4 is 27.9 Å². The summed E-state index contributed by atoms with van der Waals surface area (Å²) in [6, 6.07) is 9.03. The van der Waals surface area contributed by atoms with Crippen molar-refractivity contribution in [2.75, 3.05) is 11.9 Å². The number of urea groups is 1. The second kappa shape index (κ2) is 4.94. The molecule has 1 aromatic carbocycles. The molecule has 2 aliphatic rings. The highest BCUT2D eigenvalue weighted by Crippen LogP contribution is 2.33. The zero-order valence-electron chi connectivity index (χ0n) is 10.1. The third-order valence-electron chi connectivity index (χ3n) is 3.43. The number of halogens is 1. The minimum atomic E-state index is -0.508. The number of nitrogens with one attached hydrogen (secondary N) is 1. The molecule has 0 radical (unpaired) electrons. The first-order valence-electron chi connectivity index (χ1n) is 6.08. The van der Waals surface area contributed by atoms with Crippen molar-refractivity contribution < 1.29 is 14.3 Å². The highest BCUT2D eigenvalue weighted by Gasteiger charge is 2.48. The maximum absolute atomic E-state index is 12.1. The van der Waals surface area contributed by atoms with Gasteiger partial charge in [0.1, 0.15) is 12.1 Å². The van der Waals surface area contributed by atoms with Crippen LogP contribution in [0.2, 0.25) is 0 Å². The number of rotatable bonds is 2. The second-order valence-corrected chi connectivity index (χ2v) is 5.29. The molecule has 5 nitrogen and oxygen atoms in total. The molecule has 0 bridgehead atoms. The van der Waals surface area contributed by atoms with Gasteiger partial charge in [-0.25, -0.2) is 4.79 Å². The minimum Gasteiger partial charge on any atom is -0.351 e. The van der Waals surface area contributed by atoms with E-state index in [9.17, 15) is 9.59 Å². The quantitative estimate of drug-likeness (QED) is 0.837. The molecule has 0 aromatic heterocycles. The molecule has 3 rings (SSSR count).